The number of pyridine rings is 1. The van der Waals surface area contributed by atoms with E-state index in [9.17, 15) is 0 Å². The number of fused-ring (bicyclic) bond motifs is 1. The molecule has 0 atom stereocenters. The summed E-state index contributed by atoms with van der Waals surface area (Å²) < 4.78 is 2.18. The smallest absolute Gasteiger partial charge is 0.194 e. The fraction of sp³-hybridized carbons (Fsp3) is 0.231. The standard InChI is InChI=1S/C13H14N4S/c1-9-8-18-13-16-12(10-4-2-3-7-15-10)11(5-6-14)17(9)13/h2-4,7-8H,5-6,14H2,1H3. The maximum absolute atomic E-state index is 5.72. The first kappa shape index (κ1) is 11.4. The molecule has 0 aromatic carbocycles. The lowest BCUT2D eigenvalue weighted by atomic mass is 10.2. The van der Waals surface area contributed by atoms with E-state index in [4.69, 9.17) is 5.73 Å². The zero-order valence-electron chi connectivity index (χ0n) is 10.1. The molecule has 0 amide bonds. The largest absolute Gasteiger partial charge is 0.330 e. The van der Waals surface area contributed by atoms with Gasteiger partial charge in [-0.25, -0.2) is 4.98 Å². The molecule has 0 aliphatic carbocycles. The van der Waals surface area contributed by atoms with Crippen LogP contribution < -0.4 is 5.73 Å². The second-order valence-electron chi connectivity index (χ2n) is 4.16. The number of hydrogen-bond donors (Lipinski definition) is 1. The summed E-state index contributed by atoms with van der Waals surface area (Å²) >= 11 is 1.65. The monoisotopic (exact) mass is 258 g/mol. The van der Waals surface area contributed by atoms with Crippen LogP contribution in [0.15, 0.2) is 29.8 Å². The lowest BCUT2D eigenvalue weighted by Crippen LogP contribution is -2.06. The number of aryl methyl sites for hydroxylation is 1. The molecule has 0 radical (unpaired) electrons. The van der Waals surface area contributed by atoms with Crippen molar-refractivity contribution in [2.75, 3.05) is 6.54 Å². The van der Waals surface area contributed by atoms with Crippen molar-refractivity contribution in [2.24, 2.45) is 5.73 Å². The van der Waals surface area contributed by atoms with Gasteiger partial charge in [-0.1, -0.05) is 6.07 Å². The molecule has 2 N–H and O–H groups in total. The first-order valence-electron chi connectivity index (χ1n) is 5.88. The fourth-order valence-electron chi connectivity index (χ4n) is 2.14. The van der Waals surface area contributed by atoms with Crippen LogP contribution in [0.2, 0.25) is 0 Å². The minimum Gasteiger partial charge on any atom is -0.330 e. The Morgan fingerprint density at radius 3 is 3.00 bits per heavy atom. The van der Waals surface area contributed by atoms with E-state index < -0.39 is 0 Å². The molecule has 3 aromatic rings. The number of nitrogens with two attached hydrogens (primary N) is 1. The molecule has 0 spiro atoms. The highest BCUT2D eigenvalue weighted by Crippen LogP contribution is 2.27. The topological polar surface area (TPSA) is 56.2 Å². The number of aromatic nitrogens is 3. The average Bonchev–Trinajstić information content (AvgIpc) is 2.93. The molecule has 0 fully saturated rings. The third-order valence-corrected chi connectivity index (χ3v) is 3.86. The Morgan fingerprint density at radius 2 is 2.28 bits per heavy atom. The number of hydrogen-bond acceptors (Lipinski definition) is 4. The van der Waals surface area contributed by atoms with Crippen molar-refractivity contribution < 1.29 is 0 Å². The predicted molar refractivity (Wildman–Crippen MR) is 73.8 cm³/mol. The summed E-state index contributed by atoms with van der Waals surface area (Å²) in [6, 6.07) is 5.88. The fourth-order valence-corrected chi connectivity index (χ4v) is 3.02. The van der Waals surface area contributed by atoms with Gasteiger partial charge in [0.2, 0.25) is 0 Å². The van der Waals surface area contributed by atoms with Gasteiger partial charge >= 0.3 is 0 Å². The Labute approximate surface area is 109 Å². The molecular weight excluding hydrogens is 244 g/mol. The first-order chi connectivity index (χ1) is 8.81. The van der Waals surface area contributed by atoms with Crippen LogP contribution >= 0.6 is 11.3 Å². The molecule has 0 bridgehead atoms. The van der Waals surface area contributed by atoms with E-state index in [1.165, 1.54) is 5.69 Å². The Hall–Kier alpha value is -1.72. The van der Waals surface area contributed by atoms with E-state index in [-0.39, 0.29) is 0 Å². The van der Waals surface area contributed by atoms with Crippen LogP contribution in [0.4, 0.5) is 0 Å². The number of imidazole rings is 1. The van der Waals surface area contributed by atoms with Crippen LogP contribution in [0.5, 0.6) is 0 Å². The molecule has 3 rings (SSSR count). The first-order valence-corrected chi connectivity index (χ1v) is 6.76. The van der Waals surface area contributed by atoms with E-state index in [0.717, 1.165) is 28.5 Å². The van der Waals surface area contributed by atoms with Gasteiger partial charge < -0.3 is 5.73 Å². The zero-order chi connectivity index (χ0) is 12.5. The SMILES string of the molecule is Cc1csc2nc(-c3ccccn3)c(CCN)n12. The normalized spacial score (nSPS) is 11.2. The minimum absolute atomic E-state index is 0.614. The molecule has 18 heavy (non-hydrogen) atoms. The predicted octanol–water partition coefficient (Wildman–Crippen LogP) is 2.27. The van der Waals surface area contributed by atoms with Crippen molar-refractivity contribution >= 4 is 16.3 Å². The maximum atomic E-state index is 5.72. The van der Waals surface area contributed by atoms with Crippen molar-refractivity contribution in [3.05, 3.63) is 41.2 Å². The van der Waals surface area contributed by atoms with Crippen molar-refractivity contribution in [1.29, 1.82) is 0 Å². The molecular formula is C13H14N4S. The Bertz CT molecular complexity index is 669. The molecule has 92 valence electrons. The van der Waals surface area contributed by atoms with Crippen LogP contribution in [-0.2, 0) is 6.42 Å². The molecule has 0 unspecified atom stereocenters. The van der Waals surface area contributed by atoms with Gasteiger partial charge in [-0.2, -0.15) is 0 Å². The molecule has 3 aromatic heterocycles. The van der Waals surface area contributed by atoms with Crippen molar-refractivity contribution in [3.8, 4) is 11.4 Å². The van der Waals surface area contributed by atoms with E-state index in [0.29, 0.717) is 6.54 Å². The van der Waals surface area contributed by atoms with Gasteiger partial charge in [-0.3, -0.25) is 9.38 Å². The Balaban J connectivity index is 2.25. The van der Waals surface area contributed by atoms with E-state index in [2.05, 4.69) is 26.7 Å². The molecule has 0 aliphatic heterocycles. The van der Waals surface area contributed by atoms with Gasteiger partial charge in [-0.05, 0) is 25.6 Å². The van der Waals surface area contributed by atoms with Crippen LogP contribution in [0.25, 0.3) is 16.3 Å². The average molecular weight is 258 g/mol. The second kappa shape index (κ2) is 4.51. The van der Waals surface area contributed by atoms with E-state index in [1.54, 1.807) is 17.5 Å². The Morgan fingerprint density at radius 1 is 1.39 bits per heavy atom. The molecule has 0 aliphatic rings. The summed E-state index contributed by atoms with van der Waals surface area (Å²) in [4.78, 5) is 10.1. The highest BCUT2D eigenvalue weighted by atomic mass is 32.1. The Kier molecular flexibility index (Phi) is 2.85. The van der Waals surface area contributed by atoms with Gasteiger partial charge in [0.1, 0.15) is 5.69 Å². The van der Waals surface area contributed by atoms with Gasteiger partial charge in [-0.15, -0.1) is 11.3 Å². The van der Waals surface area contributed by atoms with Gasteiger partial charge in [0.05, 0.1) is 11.4 Å². The van der Waals surface area contributed by atoms with Gasteiger partial charge in [0.15, 0.2) is 4.96 Å². The van der Waals surface area contributed by atoms with Crippen molar-refractivity contribution in [1.82, 2.24) is 14.4 Å². The highest BCUT2D eigenvalue weighted by molar-refractivity contribution is 7.15. The van der Waals surface area contributed by atoms with Gasteiger partial charge in [0, 0.05) is 23.7 Å². The maximum Gasteiger partial charge on any atom is 0.194 e. The number of rotatable bonds is 3. The lowest BCUT2D eigenvalue weighted by Gasteiger charge is -2.03. The van der Waals surface area contributed by atoms with Crippen LogP contribution in [0.1, 0.15) is 11.4 Å². The number of thiazole rings is 1. The summed E-state index contributed by atoms with van der Waals surface area (Å²) in [6.45, 7) is 2.70. The van der Waals surface area contributed by atoms with Crippen LogP contribution in [0.3, 0.4) is 0 Å². The van der Waals surface area contributed by atoms with Gasteiger partial charge in [0.25, 0.3) is 0 Å². The summed E-state index contributed by atoms with van der Waals surface area (Å²) in [5.41, 5.74) is 9.95. The number of nitrogens with zero attached hydrogens (tertiary/aromatic N) is 3. The summed E-state index contributed by atoms with van der Waals surface area (Å²) in [7, 11) is 0. The third-order valence-electron chi connectivity index (χ3n) is 2.92. The van der Waals surface area contributed by atoms with E-state index in [1.807, 2.05) is 18.2 Å². The molecule has 0 saturated carbocycles. The van der Waals surface area contributed by atoms with Crippen LogP contribution in [-0.4, -0.2) is 20.9 Å². The second-order valence-corrected chi connectivity index (χ2v) is 4.99. The van der Waals surface area contributed by atoms with Crippen molar-refractivity contribution in [2.45, 2.75) is 13.3 Å². The molecule has 5 heteroatoms. The quantitative estimate of drug-likeness (QED) is 0.784. The minimum atomic E-state index is 0.614. The highest BCUT2D eigenvalue weighted by Gasteiger charge is 2.16. The summed E-state index contributed by atoms with van der Waals surface area (Å²) in [6.07, 6.45) is 2.60. The lowest BCUT2D eigenvalue weighted by molar-refractivity contribution is 0.897. The molecule has 4 nitrogen and oxygen atoms in total. The zero-order valence-corrected chi connectivity index (χ0v) is 10.9. The summed E-state index contributed by atoms with van der Waals surface area (Å²) in [5, 5.41) is 2.12. The van der Waals surface area contributed by atoms with Crippen molar-refractivity contribution in [3.63, 3.8) is 0 Å². The third kappa shape index (κ3) is 1.72. The molecule has 0 saturated heterocycles. The molecule has 3 heterocycles. The van der Waals surface area contributed by atoms with Crippen LogP contribution in [0, 0.1) is 6.92 Å². The van der Waals surface area contributed by atoms with E-state index >= 15 is 0 Å². The summed E-state index contributed by atoms with van der Waals surface area (Å²) in [5.74, 6) is 0.